The Morgan fingerprint density at radius 2 is 2.06 bits per heavy atom. The van der Waals surface area contributed by atoms with Crippen LogP contribution in [0.1, 0.15) is 32.3 Å². The molecule has 1 aromatic carbocycles. The van der Waals surface area contributed by atoms with Crippen LogP contribution in [0.15, 0.2) is 18.2 Å². The molecule has 0 bridgehead atoms. The van der Waals surface area contributed by atoms with E-state index in [0.29, 0.717) is 5.92 Å². The summed E-state index contributed by atoms with van der Waals surface area (Å²) in [6, 6.07) is 5.64. The Morgan fingerprint density at radius 1 is 1.35 bits per heavy atom. The van der Waals surface area contributed by atoms with Crippen LogP contribution >= 0.6 is 11.6 Å². The second-order valence-electron chi connectivity index (χ2n) is 4.66. The third kappa shape index (κ3) is 4.57. The maximum Gasteiger partial charge on any atom is 0.122 e. The molecule has 0 amide bonds. The molecule has 3 heteroatoms. The number of rotatable bonds is 6. The molecule has 0 aliphatic heterocycles. The molecule has 0 saturated heterocycles. The van der Waals surface area contributed by atoms with Gasteiger partial charge in [-0.3, -0.25) is 0 Å². The first-order chi connectivity index (χ1) is 8.04. The summed E-state index contributed by atoms with van der Waals surface area (Å²) >= 11 is 5.96. The van der Waals surface area contributed by atoms with Gasteiger partial charge in [0.15, 0.2) is 0 Å². The number of aliphatic hydroxyl groups excluding tert-OH is 1. The number of aryl methyl sites for hydroxylation is 1. The first-order valence-corrected chi connectivity index (χ1v) is 6.43. The molecule has 17 heavy (non-hydrogen) atoms. The van der Waals surface area contributed by atoms with Gasteiger partial charge < -0.3 is 9.84 Å². The number of methoxy groups -OCH3 is 1. The number of ether oxygens (including phenoxy) is 1. The maximum atomic E-state index is 9.73. The van der Waals surface area contributed by atoms with Crippen molar-refractivity contribution in [2.75, 3.05) is 7.11 Å². The first-order valence-electron chi connectivity index (χ1n) is 6.05. The Morgan fingerprint density at radius 3 is 2.65 bits per heavy atom. The third-order valence-corrected chi connectivity index (χ3v) is 3.19. The number of halogens is 1. The molecule has 2 nitrogen and oxygen atoms in total. The van der Waals surface area contributed by atoms with Gasteiger partial charge in [0.2, 0.25) is 0 Å². The van der Waals surface area contributed by atoms with Crippen molar-refractivity contribution in [1.29, 1.82) is 0 Å². The fourth-order valence-corrected chi connectivity index (χ4v) is 1.97. The molecule has 1 unspecified atom stereocenters. The van der Waals surface area contributed by atoms with Gasteiger partial charge in [-0.15, -0.1) is 0 Å². The van der Waals surface area contributed by atoms with Crippen molar-refractivity contribution in [2.24, 2.45) is 5.92 Å². The standard InChI is InChI=1S/C14H21ClO2/c1-10(2)13(16)6-4-5-11-9-12(15)7-8-14(11)17-3/h7-10,13,16H,4-6H2,1-3H3. The lowest BCUT2D eigenvalue weighted by atomic mass is 9.99. The second-order valence-corrected chi connectivity index (χ2v) is 5.10. The first kappa shape index (κ1) is 14.3. The van der Waals surface area contributed by atoms with Gasteiger partial charge in [-0.25, -0.2) is 0 Å². The molecule has 0 heterocycles. The van der Waals surface area contributed by atoms with E-state index in [9.17, 15) is 5.11 Å². The van der Waals surface area contributed by atoms with Crippen molar-refractivity contribution >= 4 is 11.6 Å². The van der Waals surface area contributed by atoms with Gasteiger partial charge in [0, 0.05) is 5.02 Å². The number of benzene rings is 1. The van der Waals surface area contributed by atoms with Gasteiger partial charge in [-0.2, -0.15) is 0 Å². The largest absolute Gasteiger partial charge is 0.496 e. The topological polar surface area (TPSA) is 29.5 Å². The van der Waals surface area contributed by atoms with E-state index in [4.69, 9.17) is 16.3 Å². The van der Waals surface area contributed by atoms with Gasteiger partial charge >= 0.3 is 0 Å². The van der Waals surface area contributed by atoms with E-state index >= 15 is 0 Å². The summed E-state index contributed by atoms with van der Waals surface area (Å²) in [5, 5.41) is 10.5. The van der Waals surface area contributed by atoms with Gasteiger partial charge in [0.05, 0.1) is 13.2 Å². The molecule has 0 aromatic heterocycles. The van der Waals surface area contributed by atoms with Gasteiger partial charge in [0.1, 0.15) is 5.75 Å². The van der Waals surface area contributed by atoms with Crippen molar-refractivity contribution < 1.29 is 9.84 Å². The lowest BCUT2D eigenvalue weighted by Gasteiger charge is -2.14. The van der Waals surface area contributed by atoms with Crippen LogP contribution in [0.3, 0.4) is 0 Å². The summed E-state index contributed by atoms with van der Waals surface area (Å²) in [5.41, 5.74) is 1.11. The summed E-state index contributed by atoms with van der Waals surface area (Å²) in [6.45, 7) is 4.06. The van der Waals surface area contributed by atoms with Gasteiger partial charge in [0.25, 0.3) is 0 Å². The molecule has 96 valence electrons. The summed E-state index contributed by atoms with van der Waals surface area (Å²) in [6.07, 6.45) is 2.41. The van der Waals surface area contributed by atoms with E-state index in [1.807, 2.05) is 32.0 Å². The van der Waals surface area contributed by atoms with Gasteiger partial charge in [-0.05, 0) is 48.9 Å². The van der Waals surface area contributed by atoms with E-state index < -0.39 is 0 Å². The second kappa shape index (κ2) is 6.87. The van der Waals surface area contributed by atoms with E-state index in [1.165, 1.54) is 0 Å². The predicted octanol–water partition coefficient (Wildman–Crippen LogP) is 3.69. The maximum absolute atomic E-state index is 9.73. The molecule has 0 fully saturated rings. The predicted molar refractivity (Wildman–Crippen MR) is 71.8 cm³/mol. The molecule has 0 aliphatic carbocycles. The van der Waals surface area contributed by atoms with Crippen LogP contribution in [0, 0.1) is 5.92 Å². The highest BCUT2D eigenvalue weighted by Crippen LogP contribution is 2.24. The minimum absolute atomic E-state index is 0.222. The Kier molecular flexibility index (Phi) is 5.79. The molecule has 1 atom stereocenters. The van der Waals surface area contributed by atoms with Crippen molar-refractivity contribution in [3.8, 4) is 5.75 Å². The van der Waals surface area contributed by atoms with E-state index in [-0.39, 0.29) is 6.10 Å². The zero-order valence-corrected chi connectivity index (χ0v) is 11.5. The Bertz CT molecular complexity index is 350. The number of aliphatic hydroxyl groups is 1. The molecule has 1 N–H and O–H groups in total. The average Bonchev–Trinajstić information content (AvgIpc) is 2.29. The molecular formula is C14H21ClO2. The van der Waals surface area contributed by atoms with Gasteiger partial charge in [-0.1, -0.05) is 25.4 Å². The van der Waals surface area contributed by atoms with Crippen molar-refractivity contribution in [3.63, 3.8) is 0 Å². The molecule has 1 rings (SSSR count). The Hall–Kier alpha value is -0.730. The van der Waals surface area contributed by atoms with Crippen LogP contribution in [0.2, 0.25) is 5.02 Å². The Labute approximate surface area is 109 Å². The fourth-order valence-electron chi connectivity index (χ4n) is 1.78. The molecule has 0 aliphatic rings. The fraction of sp³-hybridized carbons (Fsp3) is 0.571. The van der Waals surface area contributed by atoms with Crippen LogP contribution in [-0.4, -0.2) is 18.3 Å². The summed E-state index contributed by atoms with van der Waals surface area (Å²) in [5.74, 6) is 1.18. The highest BCUT2D eigenvalue weighted by molar-refractivity contribution is 6.30. The highest BCUT2D eigenvalue weighted by Gasteiger charge is 2.10. The zero-order valence-electron chi connectivity index (χ0n) is 10.7. The normalized spacial score (nSPS) is 12.8. The van der Waals surface area contributed by atoms with Crippen LogP contribution in [0.5, 0.6) is 5.75 Å². The molecule has 0 spiro atoms. The van der Waals surface area contributed by atoms with Crippen LogP contribution in [0.4, 0.5) is 0 Å². The average molecular weight is 257 g/mol. The van der Waals surface area contributed by atoms with E-state index in [2.05, 4.69) is 0 Å². The Balaban J connectivity index is 2.53. The monoisotopic (exact) mass is 256 g/mol. The lowest BCUT2D eigenvalue weighted by molar-refractivity contribution is 0.114. The SMILES string of the molecule is COc1ccc(Cl)cc1CCCC(O)C(C)C. The van der Waals surface area contributed by atoms with Crippen molar-refractivity contribution in [1.82, 2.24) is 0 Å². The highest BCUT2D eigenvalue weighted by atomic mass is 35.5. The van der Waals surface area contributed by atoms with E-state index in [1.54, 1.807) is 7.11 Å². The minimum Gasteiger partial charge on any atom is -0.496 e. The van der Waals surface area contributed by atoms with Crippen LogP contribution in [-0.2, 0) is 6.42 Å². The lowest BCUT2D eigenvalue weighted by Crippen LogP contribution is -2.14. The molecule has 0 radical (unpaired) electrons. The molecule has 0 saturated carbocycles. The quantitative estimate of drug-likeness (QED) is 0.841. The van der Waals surface area contributed by atoms with E-state index in [0.717, 1.165) is 35.6 Å². The van der Waals surface area contributed by atoms with Crippen LogP contribution in [0.25, 0.3) is 0 Å². The minimum atomic E-state index is -0.222. The number of hydrogen-bond acceptors (Lipinski definition) is 2. The van der Waals surface area contributed by atoms with Crippen molar-refractivity contribution in [2.45, 2.75) is 39.2 Å². The molecular weight excluding hydrogens is 236 g/mol. The number of hydrogen-bond donors (Lipinski definition) is 1. The summed E-state index contributed by atoms with van der Waals surface area (Å²) in [4.78, 5) is 0. The summed E-state index contributed by atoms with van der Waals surface area (Å²) in [7, 11) is 1.66. The third-order valence-electron chi connectivity index (χ3n) is 2.96. The molecule has 1 aromatic rings. The summed E-state index contributed by atoms with van der Waals surface area (Å²) < 4.78 is 5.28. The smallest absolute Gasteiger partial charge is 0.122 e. The van der Waals surface area contributed by atoms with Crippen LogP contribution < -0.4 is 4.74 Å². The zero-order chi connectivity index (χ0) is 12.8. The van der Waals surface area contributed by atoms with Crippen molar-refractivity contribution in [3.05, 3.63) is 28.8 Å².